The average Bonchev–Trinajstić information content (AvgIpc) is 3.28. The van der Waals surface area contributed by atoms with Crippen molar-refractivity contribution in [3.05, 3.63) is 59.6 Å². The summed E-state index contributed by atoms with van der Waals surface area (Å²) in [4.78, 5) is 12.3. The van der Waals surface area contributed by atoms with Gasteiger partial charge in [-0.1, -0.05) is 18.2 Å². The number of H-pyrrole nitrogens is 1. The molecule has 1 saturated heterocycles. The molecule has 3 N–H and O–H groups in total. The van der Waals surface area contributed by atoms with Crippen molar-refractivity contribution in [1.29, 1.82) is 5.41 Å². The van der Waals surface area contributed by atoms with Crippen molar-refractivity contribution >= 4 is 33.8 Å². The van der Waals surface area contributed by atoms with Gasteiger partial charge in [0.15, 0.2) is 0 Å². The van der Waals surface area contributed by atoms with Gasteiger partial charge in [-0.05, 0) is 56.0 Å². The van der Waals surface area contributed by atoms with Crippen LogP contribution in [0.3, 0.4) is 0 Å². The first-order valence-corrected chi connectivity index (χ1v) is 10.2. The summed E-state index contributed by atoms with van der Waals surface area (Å²) in [6, 6.07) is 14.2. The summed E-state index contributed by atoms with van der Waals surface area (Å²) in [5.74, 6) is 0.995. The Morgan fingerprint density at radius 2 is 1.86 bits per heavy atom. The van der Waals surface area contributed by atoms with Crippen molar-refractivity contribution in [2.24, 2.45) is 0 Å². The van der Waals surface area contributed by atoms with Gasteiger partial charge in [-0.25, -0.2) is 4.98 Å². The minimum absolute atomic E-state index is 0.175. The SMILES string of the molecule is Cc1ccccc1N1CC(O)=C(c2nc3ccc(N4CCCCC4)cc3[nH]2)C1=N. The third-order valence-electron chi connectivity index (χ3n) is 5.93. The Kier molecular flexibility index (Phi) is 4.27. The predicted molar refractivity (Wildman–Crippen MR) is 118 cm³/mol. The molecule has 5 rings (SSSR count). The molecule has 2 aliphatic rings. The molecule has 0 amide bonds. The lowest BCUT2D eigenvalue weighted by Gasteiger charge is -2.28. The van der Waals surface area contributed by atoms with Crippen molar-refractivity contribution in [2.45, 2.75) is 26.2 Å². The number of aliphatic hydroxyl groups excluding tert-OH is 1. The topological polar surface area (TPSA) is 79.2 Å². The summed E-state index contributed by atoms with van der Waals surface area (Å²) in [6.07, 6.45) is 3.78. The van der Waals surface area contributed by atoms with Crippen LogP contribution in [-0.2, 0) is 0 Å². The second kappa shape index (κ2) is 6.95. The van der Waals surface area contributed by atoms with E-state index in [0.717, 1.165) is 35.4 Å². The number of piperidine rings is 1. The number of anilines is 2. The van der Waals surface area contributed by atoms with Crippen molar-refractivity contribution in [2.75, 3.05) is 29.4 Å². The van der Waals surface area contributed by atoms with E-state index in [2.05, 4.69) is 27.0 Å². The summed E-state index contributed by atoms with van der Waals surface area (Å²) in [5, 5.41) is 19.3. The van der Waals surface area contributed by atoms with Crippen LogP contribution in [0.2, 0.25) is 0 Å². The van der Waals surface area contributed by atoms with Gasteiger partial charge in [0.05, 0.1) is 23.2 Å². The number of aromatic amines is 1. The van der Waals surface area contributed by atoms with E-state index in [1.165, 1.54) is 24.9 Å². The number of fused-ring (bicyclic) bond motifs is 1. The van der Waals surface area contributed by atoms with Crippen LogP contribution in [0, 0.1) is 12.3 Å². The molecule has 2 aliphatic heterocycles. The molecule has 1 aromatic heterocycles. The number of rotatable bonds is 3. The fourth-order valence-corrected chi connectivity index (χ4v) is 4.37. The highest BCUT2D eigenvalue weighted by molar-refractivity contribution is 6.30. The predicted octanol–water partition coefficient (Wildman–Crippen LogP) is 4.63. The molecule has 2 aromatic carbocycles. The summed E-state index contributed by atoms with van der Waals surface area (Å²) < 4.78 is 0. The summed E-state index contributed by atoms with van der Waals surface area (Å²) >= 11 is 0. The molecule has 0 atom stereocenters. The van der Waals surface area contributed by atoms with Gasteiger partial charge in [0.1, 0.15) is 17.4 Å². The van der Waals surface area contributed by atoms with Gasteiger partial charge in [0.25, 0.3) is 0 Å². The lowest BCUT2D eigenvalue weighted by atomic mass is 10.1. The third-order valence-corrected chi connectivity index (χ3v) is 5.93. The highest BCUT2D eigenvalue weighted by Gasteiger charge is 2.32. The molecule has 0 spiro atoms. The number of amidine groups is 1. The Morgan fingerprint density at radius 1 is 1.07 bits per heavy atom. The van der Waals surface area contributed by atoms with E-state index >= 15 is 0 Å². The van der Waals surface area contributed by atoms with Gasteiger partial charge < -0.3 is 19.9 Å². The van der Waals surface area contributed by atoms with Crippen molar-refractivity contribution < 1.29 is 5.11 Å². The lowest BCUT2D eigenvalue weighted by molar-refractivity contribution is 0.411. The second-order valence-electron chi connectivity index (χ2n) is 7.88. The highest BCUT2D eigenvalue weighted by atomic mass is 16.3. The number of benzene rings is 2. The number of hydrogen-bond donors (Lipinski definition) is 3. The molecule has 3 heterocycles. The van der Waals surface area contributed by atoms with E-state index in [-0.39, 0.29) is 18.1 Å². The Hall–Kier alpha value is -3.28. The van der Waals surface area contributed by atoms with Crippen LogP contribution >= 0.6 is 0 Å². The molecule has 3 aromatic rings. The van der Waals surface area contributed by atoms with Crippen molar-refractivity contribution in [3.8, 4) is 0 Å². The van der Waals surface area contributed by atoms with Gasteiger partial charge in [-0.3, -0.25) is 5.41 Å². The lowest BCUT2D eigenvalue weighted by Crippen LogP contribution is -2.29. The average molecular weight is 387 g/mol. The first-order chi connectivity index (χ1) is 14.1. The third kappa shape index (κ3) is 3.05. The van der Waals surface area contributed by atoms with E-state index in [1.807, 2.05) is 42.2 Å². The minimum Gasteiger partial charge on any atom is -0.509 e. The van der Waals surface area contributed by atoms with E-state index in [0.29, 0.717) is 11.4 Å². The van der Waals surface area contributed by atoms with Crippen LogP contribution in [0.5, 0.6) is 0 Å². The summed E-state index contributed by atoms with van der Waals surface area (Å²) in [7, 11) is 0. The van der Waals surface area contributed by atoms with Crippen LogP contribution in [-0.4, -0.2) is 40.5 Å². The van der Waals surface area contributed by atoms with Gasteiger partial charge in [0, 0.05) is 24.5 Å². The Bertz CT molecular complexity index is 1120. The summed E-state index contributed by atoms with van der Waals surface area (Å²) in [5.41, 5.74) is 5.47. The Balaban J connectivity index is 1.47. The smallest absolute Gasteiger partial charge is 0.145 e. The van der Waals surface area contributed by atoms with Crippen LogP contribution in [0.25, 0.3) is 16.6 Å². The number of nitrogens with one attached hydrogen (secondary N) is 2. The highest BCUT2D eigenvalue weighted by Crippen LogP contribution is 2.33. The molecule has 0 radical (unpaired) electrons. The van der Waals surface area contributed by atoms with Crippen molar-refractivity contribution in [3.63, 3.8) is 0 Å². The number of aliphatic hydroxyl groups is 1. The molecule has 1 fully saturated rings. The maximum absolute atomic E-state index is 10.6. The molecule has 0 saturated carbocycles. The van der Waals surface area contributed by atoms with Crippen LogP contribution in [0.15, 0.2) is 48.2 Å². The zero-order chi connectivity index (χ0) is 20.0. The van der Waals surface area contributed by atoms with E-state index in [9.17, 15) is 5.11 Å². The van der Waals surface area contributed by atoms with Gasteiger partial charge in [-0.15, -0.1) is 0 Å². The molecule has 0 bridgehead atoms. The number of hydrogen-bond acceptors (Lipinski definition) is 4. The number of para-hydroxylation sites is 1. The van der Waals surface area contributed by atoms with Gasteiger partial charge >= 0.3 is 0 Å². The molecular weight excluding hydrogens is 362 g/mol. The largest absolute Gasteiger partial charge is 0.509 e. The fourth-order valence-electron chi connectivity index (χ4n) is 4.37. The molecule has 0 unspecified atom stereocenters. The summed E-state index contributed by atoms with van der Waals surface area (Å²) in [6.45, 7) is 4.49. The molecule has 29 heavy (non-hydrogen) atoms. The zero-order valence-corrected chi connectivity index (χ0v) is 16.6. The van der Waals surface area contributed by atoms with Gasteiger partial charge in [-0.2, -0.15) is 0 Å². The molecule has 6 nitrogen and oxygen atoms in total. The quantitative estimate of drug-likeness (QED) is 0.612. The first kappa shape index (κ1) is 17.8. The first-order valence-electron chi connectivity index (χ1n) is 10.2. The Morgan fingerprint density at radius 3 is 2.66 bits per heavy atom. The van der Waals surface area contributed by atoms with E-state index < -0.39 is 0 Å². The normalized spacial score (nSPS) is 17.6. The number of aromatic nitrogens is 2. The zero-order valence-electron chi connectivity index (χ0n) is 16.6. The second-order valence-corrected chi connectivity index (χ2v) is 7.88. The number of aryl methyl sites for hydroxylation is 1. The maximum atomic E-state index is 10.6. The minimum atomic E-state index is 0.175. The van der Waals surface area contributed by atoms with E-state index in [1.54, 1.807) is 0 Å². The number of nitrogens with zero attached hydrogens (tertiary/aromatic N) is 3. The number of imidazole rings is 1. The van der Waals surface area contributed by atoms with Crippen molar-refractivity contribution in [1.82, 2.24) is 9.97 Å². The molecule has 0 aliphatic carbocycles. The van der Waals surface area contributed by atoms with E-state index in [4.69, 9.17) is 5.41 Å². The standard InChI is InChI=1S/C23H25N5O/c1-15-7-3-4-8-19(15)28-14-20(29)21(22(28)24)23-25-17-10-9-16(13-18(17)26-23)27-11-5-2-6-12-27/h3-4,7-10,13,24,29H,2,5-6,11-12,14H2,1H3,(H,25,26). The van der Waals surface area contributed by atoms with Crippen LogP contribution in [0.1, 0.15) is 30.7 Å². The maximum Gasteiger partial charge on any atom is 0.145 e. The fraction of sp³-hybridized carbons (Fsp3) is 0.304. The molecule has 148 valence electrons. The van der Waals surface area contributed by atoms with Gasteiger partial charge in [0.2, 0.25) is 0 Å². The molecule has 6 heteroatoms. The monoisotopic (exact) mass is 387 g/mol. The van der Waals surface area contributed by atoms with Crippen LogP contribution in [0.4, 0.5) is 11.4 Å². The van der Waals surface area contributed by atoms with Crippen LogP contribution < -0.4 is 9.80 Å². The molecular formula is C23H25N5O. The Labute approximate surface area is 170 Å².